The van der Waals surface area contributed by atoms with E-state index in [1.54, 1.807) is 11.3 Å². The summed E-state index contributed by atoms with van der Waals surface area (Å²) in [6.07, 6.45) is 3.82. The van der Waals surface area contributed by atoms with Crippen LogP contribution in [0.4, 0.5) is 0 Å². The molecule has 96 valence electrons. The molecule has 0 spiro atoms. The molecule has 17 heavy (non-hydrogen) atoms. The Morgan fingerprint density at radius 3 is 2.76 bits per heavy atom. The predicted octanol–water partition coefficient (Wildman–Crippen LogP) is 3.54. The quantitative estimate of drug-likeness (QED) is 0.882. The van der Waals surface area contributed by atoms with Crippen molar-refractivity contribution in [2.24, 2.45) is 0 Å². The third kappa shape index (κ3) is 3.68. The molecule has 0 aliphatic carbocycles. The monoisotopic (exact) mass is 272 g/mol. The van der Waals surface area contributed by atoms with E-state index in [1.807, 2.05) is 6.07 Å². The highest BCUT2D eigenvalue weighted by molar-refractivity contribution is 7.16. The van der Waals surface area contributed by atoms with Crippen LogP contribution in [-0.2, 0) is 0 Å². The SMILES string of the molecule is CCCC[C@H](c1ccc(Cl)s1)N1CCNCC1. The van der Waals surface area contributed by atoms with Crippen LogP contribution in [0.2, 0.25) is 4.34 Å². The van der Waals surface area contributed by atoms with E-state index in [9.17, 15) is 0 Å². The Hall–Kier alpha value is -0.0900. The highest BCUT2D eigenvalue weighted by Crippen LogP contribution is 2.33. The van der Waals surface area contributed by atoms with E-state index < -0.39 is 0 Å². The molecule has 1 aliphatic rings. The van der Waals surface area contributed by atoms with E-state index >= 15 is 0 Å². The molecule has 4 heteroatoms. The lowest BCUT2D eigenvalue weighted by Gasteiger charge is -2.34. The molecule has 1 N–H and O–H groups in total. The van der Waals surface area contributed by atoms with Crippen LogP contribution in [0.3, 0.4) is 0 Å². The summed E-state index contributed by atoms with van der Waals surface area (Å²) in [7, 11) is 0. The van der Waals surface area contributed by atoms with Crippen LogP contribution in [0.25, 0.3) is 0 Å². The minimum absolute atomic E-state index is 0.578. The fourth-order valence-electron chi connectivity index (χ4n) is 2.40. The Morgan fingerprint density at radius 2 is 2.18 bits per heavy atom. The number of nitrogens with zero attached hydrogens (tertiary/aromatic N) is 1. The number of rotatable bonds is 5. The van der Waals surface area contributed by atoms with Crippen molar-refractivity contribution in [3.8, 4) is 0 Å². The zero-order valence-corrected chi connectivity index (χ0v) is 12.0. The average Bonchev–Trinajstić information content (AvgIpc) is 2.78. The Labute approximate surface area is 113 Å². The maximum absolute atomic E-state index is 6.07. The number of thiophene rings is 1. The van der Waals surface area contributed by atoms with Gasteiger partial charge in [-0.1, -0.05) is 31.4 Å². The molecule has 0 aromatic carbocycles. The van der Waals surface area contributed by atoms with Crippen molar-refractivity contribution in [2.45, 2.75) is 32.2 Å². The van der Waals surface area contributed by atoms with Gasteiger partial charge in [-0.25, -0.2) is 0 Å². The van der Waals surface area contributed by atoms with Gasteiger partial charge in [0.2, 0.25) is 0 Å². The van der Waals surface area contributed by atoms with E-state index in [0.717, 1.165) is 30.5 Å². The fourth-order valence-corrected chi connectivity index (χ4v) is 3.63. The van der Waals surface area contributed by atoms with Gasteiger partial charge < -0.3 is 5.32 Å². The zero-order valence-electron chi connectivity index (χ0n) is 10.4. The molecule has 0 radical (unpaired) electrons. The Morgan fingerprint density at radius 1 is 1.41 bits per heavy atom. The van der Waals surface area contributed by atoms with E-state index in [4.69, 9.17) is 11.6 Å². The lowest BCUT2D eigenvalue weighted by molar-refractivity contribution is 0.165. The largest absolute Gasteiger partial charge is 0.314 e. The van der Waals surface area contributed by atoms with Gasteiger partial charge in [-0.15, -0.1) is 11.3 Å². The minimum atomic E-state index is 0.578. The van der Waals surface area contributed by atoms with Gasteiger partial charge in [-0.3, -0.25) is 4.90 Å². The van der Waals surface area contributed by atoms with Gasteiger partial charge in [0, 0.05) is 37.1 Å². The van der Waals surface area contributed by atoms with Crippen LogP contribution in [0.5, 0.6) is 0 Å². The second-order valence-corrected chi connectivity index (χ2v) is 6.33. The Kier molecular flexibility index (Phi) is 5.29. The molecular formula is C13H21ClN2S. The number of nitrogens with one attached hydrogen (secondary N) is 1. The van der Waals surface area contributed by atoms with Crippen molar-refractivity contribution in [2.75, 3.05) is 26.2 Å². The molecule has 1 aromatic rings. The predicted molar refractivity (Wildman–Crippen MR) is 76.0 cm³/mol. The first kappa shape index (κ1) is 13.3. The summed E-state index contributed by atoms with van der Waals surface area (Å²) in [4.78, 5) is 4.04. The summed E-state index contributed by atoms with van der Waals surface area (Å²) in [5.74, 6) is 0. The topological polar surface area (TPSA) is 15.3 Å². The number of hydrogen-bond donors (Lipinski definition) is 1. The van der Waals surface area contributed by atoms with Crippen molar-refractivity contribution in [1.82, 2.24) is 10.2 Å². The Bertz CT molecular complexity index is 334. The molecule has 1 saturated heterocycles. The highest BCUT2D eigenvalue weighted by atomic mass is 35.5. The van der Waals surface area contributed by atoms with Crippen molar-refractivity contribution >= 4 is 22.9 Å². The van der Waals surface area contributed by atoms with Crippen molar-refractivity contribution in [3.05, 3.63) is 21.3 Å². The van der Waals surface area contributed by atoms with E-state index in [-0.39, 0.29) is 0 Å². The van der Waals surface area contributed by atoms with Crippen LogP contribution in [-0.4, -0.2) is 31.1 Å². The molecule has 1 atom stereocenters. The van der Waals surface area contributed by atoms with Gasteiger partial charge in [-0.2, -0.15) is 0 Å². The number of unbranched alkanes of at least 4 members (excludes halogenated alkanes) is 1. The van der Waals surface area contributed by atoms with Gasteiger partial charge in [0.05, 0.1) is 4.34 Å². The van der Waals surface area contributed by atoms with E-state index in [1.165, 1.54) is 24.1 Å². The van der Waals surface area contributed by atoms with Gasteiger partial charge in [0.25, 0.3) is 0 Å². The zero-order chi connectivity index (χ0) is 12.1. The van der Waals surface area contributed by atoms with E-state index in [2.05, 4.69) is 23.2 Å². The first-order valence-corrected chi connectivity index (χ1v) is 7.70. The number of hydrogen-bond acceptors (Lipinski definition) is 3. The van der Waals surface area contributed by atoms with Crippen LogP contribution >= 0.6 is 22.9 Å². The van der Waals surface area contributed by atoms with Crippen LogP contribution in [0.15, 0.2) is 12.1 Å². The molecule has 2 nitrogen and oxygen atoms in total. The Balaban J connectivity index is 2.06. The van der Waals surface area contributed by atoms with Crippen LogP contribution < -0.4 is 5.32 Å². The molecule has 0 amide bonds. The summed E-state index contributed by atoms with van der Waals surface area (Å²) in [5.41, 5.74) is 0. The second kappa shape index (κ2) is 6.74. The molecule has 0 saturated carbocycles. The molecule has 0 unspecified atom stereocenters. The van der Waals surface area contributed by atoms with Crippen LogP contribution in [0.1, 0.15) is 37.1 Å². The standard InChI is InChI=1S/C13H21ClN2S/c1-2-3-4-11(12-5-6-13(14)17-12)16-9-7-15-8-10-16/h5-6,11,15H,2-4,7-10H2,1H3/t11-/m1/s1. The number of halogens is 1. The molecule has 2 heterocycles. The highest BCUT2D eigenvalue weighted by Gasteiger charge is 2.22. The van der Waals surface area contributed by atoms with Crippen molar-refractivity contribution in [3.63, 3.8) is 0 Å². The molecule has 1 fully saturated rings. The number of piperazine rings is 1. The maximum Gasteiger partial charge on any atom is 0.0931 e. The van der Waals surface area contributed by atoms with Crippen LogP contribution in [0, 0.1) is 0 Å². The van der Waals surface area contributed by atoms with Gasteiger partial charge in [0.15, 0.2) is 0 Å². The second-order valence-electron chi connectivity index (χ2n) is 4.59. The third-order valence-electron chi connectivity index (χ3n) is 3.35. The van der Waals surface area contributed by atoms with E-state index in [0.29, 0.717) is 6.04 Å². The normalized spacial score (nSPS) is 19.4. The molecule has 1 aromatic heterocycles. The molecular weight excluding hydrogens is 252 g/mol. The summed E-state index contributed by atoms with van der Waals surface area (Å²) < 4.78 is 0.914. The lowest BCUT2D eigenvalue weighted by Crippen LogP contribution is -2.45. The molecule has 2 rings (SSSR count). The minimum Gasteiger partial charge on any atom is -0.314 e. The lowest BCUT2D eigenvalue weighted by atomic mass is 10.1. The third-order valence-corrected chi connectivity index (χ3v) is 4.68. The summed E-state index contributed by atoms with van der Waals surface area (Å²) in [6.45, 7) is 6.80. The van der Waals surface area contributed by atoms with Crippen molar-refractivity contribution < 1.29 is 0 Å². The van der Waals surface area contributed by atoms with Crippen molar-refractivity contribution in [1.29, 1.82) is 0 Å². The van der Waals surface area contributed by atoms with Gasteiger partial charge in [0.1, 0.15) is 0 Å². The first-order valence-electron chi connectivity index (χ1n) is 6.51. The summed E-state index contributed by atoms with van der Waals surface area (Å²) >= 11 is 7.81. The van der Waals surface area contributed by atoms with Gasteiger partial charge in [-0.05, 0) is 18.6 Å². The smallest absolute Gasteiger partial charge is 0.0931 e. The fraction of sp³-hybridized carbons (Fsp3) is 0.692. The van der Waals surface area contributed by atoms with Gasteiger partial charge >= 0.3 is 0 Å². The molecule has 0 bridgehead atoms. The summed E-state index contributed by atoms with van der Waals surface area (Å²) in [5, 5.41) is 3.42. The maximum atomic E-state index is 6.07. The summed E-state index contributed by atoms with van der Waals surface area (Å²) in [6, 6.07) is 4.81. The average molecular weight is 273 g/mol. The first-order chi connectivity index (χ1) is 8.31. The molecule has 1 aliphatic heterocycles.